The van der Waals surface area contributed by atoms with E-state index in [1.54, 1.807) is 19.2 Å². The van der Waals surface area contributed by atoms with Crippen LogP contribution in [0.5, 0.6) is 11.5 Å². The smallest absolute Gasteiger partial charge is 0.127 e. The number of methoxy groups -OCH3 is 1. The fraction of sp³-hybridized carbons (Fsp3) is 0.571. The molecule has 2 heterocycles. The molecule has 18 heavy (non-hydrogen) atoms. The van der Waals surface area contributed by atoms with Gasteiger partial charge in [-0.05, 0) is 25.0 Å². The van der Waals surface area contributed by atoms with E-state index in [-0.39, 0.29) is 5.75 Å². The van der Waals surface area contributed by atoms with Crippen molar-refractivity contribution in [3.63, 3.8) is 0 Å². The van der Waals surface area contributed by atoms with E-state index in [4.69, 9.17) is 9.47 Å². The van der Waals surface area contributed by atoms with Crippen molar-refractivity contribution in [2.75, 3.05) is 26.8 Å². The van der Waals surface area contributed by atoms with E-state index in [0.29, 0.717) is 18.8 Å². The van der Waals surface area contributed by atoms with Crippen LogP contribution in [0.15, 0.2) is 18.2 Å². The van der Waals surface area contributed by atoms with E-state index in [1.165, 1.54) is 5.56 Å². The maximum Gasteiger partial charge on any atom is 0.127 e. The zero-order valence-corrected chi connectivity index (χ0v) is 10.6. The molecule has 1 aromatic rings. The summed E-state index contributed by atoms with van der Waals surface area (Å²) in [6.45, 7) is 2.79. The Morgan fingerprint density at radius 3 is 2.83 bits per heavy atom. The quantitative estimate of drug-likeness (QED) is 0.869. The van der Waals surface area contributed by atoms with Crippen LogP contribution in [0.2, 0.25) is 0 Å². The molecular weight excluding hydrogens is 230 g/mol. The van der Waals surface area contributed by atoms with Gasteiger partial charge in [0.1, 0.15) is 18.1 Å². The van der Waals surface area contributed by atoms with Crippen LogP contribution in [0.25, 0.3) is 0 Å². The highest BCUT2D eigenvalue weighted by molar-refractivity contribution is 5.44. The molecule has 0 bridgehead atoms. The molecule has 4 nitrogen and oxygen atoms in total. The zero-order chi connectivity index (χ0) is 12.5. The fourth-order valence-corrected chi connectivity index (χ4v) is 2.91. The van der Waals surface area contributed by atoms with E-state index in [2.05, 4.69) is 4.90 Å². The molecule has 4 heteroatoms. The highest BCUT2D eigenvalue weighted by Crippen LogP contribution is 2.39. The number of hydrogen-bond donors (Lipinski definition) is 1. The number of aromatic hydroxyl groups is 1. The van der Waals surface area contributed by atoms with Gasteiger partial charge in [-0.2, -0.15) is 0 Å². The van der Waals surface area contributed by atoms with Gasteiger partial charge in [-0.3, -0.25) is 4.90 Å². The van der Waals surface area contributed by atoms with Gasteiger partial charge >= 0.3 is 0 Å². The Kier molecular flexibility index (Phi) is 3.14. The number of benzene rings is 1. The molecule has 1 saturated heterocycles. The van der Waals surface area contributed by atoms with Crippen molar-refractivity contribution < 1.29 is 14.6 Å². The van der Waals surface area contributed by atoms with Crippen LogP contribution in [0.1, 0.15) is 24.4 Å². The van der Waals surface area contributed by atoms with Gasteiger partial charge in [0.15, 0.2) is 0 Å². The molecule has 2 aliphatic heterocycles. The first-order valence-corrected chi connectivity index (χ1v) is 6.50. The summed E-state index contributed by atoms with van der Waals surface area (Å²) in [5.41, 5.74) is 1.20. The molecular formula is C14H19NO3. The van der Waals surface area contributed by atoms with Crippen LogP contribution >= 0.6 is 0 Å². The highest BCUT2D eigenvalue weighted by Gasteiger charge is 2.32. The predicted molar refractivity (Wildman–Crippen MR) is 67.9 cm³/mol. The minimum atomic E-state index is 0.271. The topological polar surface area (TPSA) is 41.9 Å². The standard InChI is InChI=1S/C14H19NO3/c1-17-11-4-6-15(7-5-11)13-9-18-14-8-10(16)2-3-12(13)14/h2-3,8,11,13,16H,4-7,9H2,1H3. The van der Waals surface area contributed by atoms with E-state index >= 15 is 0 Å². The Morgan fingerprint density at radius 2 is 2.11 bits per heavy atom. The summed E-state index contributed by atoms with van der Waals surface area (Å²) in [5.74, 6) is 1.10. The van der Waals surface area contributed by atoms with Gasteiger partial charge in [-0.15, -0.1) is 0 Å². The van der Waals surface area contributed by atoms with Crippen LogP contribution in [0, 0.1) is 0 Å². The first-order valence-electron chi connectivity index (χ1n) is 6.50. The van der Waals surface area contributed by atoms with Crippen molar-refractivity contribution >= 4 is 0 Å². The summed E-state index contributed by atoms with van der Waals surface area (Å²) in [4.78, 5) is 2.46. The van der Waals surface area contributed by atoms with E-state index < -0.39 is 0 Å². The lowest BCUT2D eigenvalue weighted by Crippen LogP contribution is -2.39. The summed E-state index contributed by atoms with van der Waals surface area (Å²) < 4.78 is 11.1. The van der Waals surface area contributed by atoms with Gasteiger partial charge in [0.05, 0.1) is 12.1 Å². The number of piperidine rings is 1. The van der Waals surface area contributed by atoms with Crippen molar-refractivity contribution in [1.29, 1.82) is 0 Å². The van der Waals surface area contributed by atoms with Crippen LogP contribution in [0.3, 0.4) is 0 Å². The van der Waals surface area contributed by atoms with Crippen LogP contribution in [-0.4, -0.2) is 42.9 Å². The molecule has 1 unspecified atom stereocenters. The number of ether oxygens (including phenoxy) is 2. The third-order valence-electron chi connectivity index (χ3n) is 4.00. The molecule has 0 saturated carbocycles. The van der Waals surface area contributed by atoms with Gasteiger partial charge in [0.2, 0.25) is 0 Å². The molecule has 0 radical (unpaired) electrons. The van der Waals surface area contributed by atoms with E-state index in [1.807, 2.05) is 6.07 Å². The first kappa shape index (κ1) is 11.8. The number of rotatable bonds is 2. The molecule has 1 fully saturated rings. The summed E-state index contributed by atoms with van der Waals surface area (Å²) in [6, 6.07) is 5.75. The molecule has 0 aromatic heterocycles. The maximum atomic E-state index is 9.45. The number of fused-ring (bicyclic) bond motifs is 1. The van der Waals surface area contributed by atoms with E-state index in [9.17, 15) is 5.11 Å². The van der Waals surface area contributed by atoms with Crippen LogP contribution < -0.4 is 4.74 Å². The molecule has 1 aromatic carbocycles. The molecule has 1 N–H and O–H groups in total. The van der Waals surface area contributed by atoms with E-state index in [0.717, 1.165) is 31.7 Å². The second kappa shape index (κ2) is 4.78. The SMILES string of the molecule is COC1CCN(C2COc3cc(O)ccc32)CC1. The Labute approximate surface area is 107 Å². The highest BCUT2D eigenvalue weighted by atomic mass is 16.5. The molecule has 0 spiro atoms. The van der Waals surface area contributed by atoms with Crippen molar-refractivity contribution in [1.82, 2.24) is 4.90 Å². The molecule has 3 rings (SSSR count). The predicted octanol–water partition coefficient (Wildman–Crippen LogP) is 1.94. The maximum absolute atomic E-state index is 9.45. The van der Waals surface area contributed by atoms with Crippen molar-refractivity contribution in [2.24, 2.45) is 0 Å². The lowest BCUT2D eigenvalue weighted by atomic mass is 10.0. The van der Waals surface area contributed by atoms with Gasteiger partial charge in [0.25, 0.3) is 0 Å². The lowest BCUT2D eigenvalue weighted by Gasteiger charge is -2.34. The number of nitrogens with zero attached hydrogens (tertiary/aromatic N) is 1. The Morgan fingerprint density at radius 1 is 1.33 bits per heavy atom. The second-order valence-corrected chi connectivity index (χ2v) is 5.02. The van der Waals surface area contributed by atoms with Gasteiger partial charge < -0.3 is 14.6 Å². The number of phenolic OH excluding ortho intramolecular Hbond substituents is 1. The summed E-state index contributed by atoms with van der Waals surface area (Å²) >= 11 is 0. The average Bonchev–Trinajstić information content (AvgIpc) is 2.81. The van der Waals surface area contributed by atoms with Crippen molar-refractivity contribution in [2.45, 2.75) is 25.0 Å². The number of phenols is 1. The Hall–Kier alpha value is -1.26. The normalized spacial score (nSPS) is 24.8. The summed E-state index contributed by atoms with van der Waals surface area (Å²) in [6.07, 6.45) is 2.57. The number of likely N-dealkylation sites (tertiary alicyclic amines) is 1. The molecule has 0 aliphatic carbocycles. The number of hydrogen-bond acceptors (Lipinski definition) is 4. The van der Waals surface area contributed by atoms with Gasteiger partial charge in [0, 0.05) is 31.8 Å². The second-order valence-electron chi connectivity index (χ2n) is 5.02. The van der Waals surface area contributed by atoms with Crippen LogP contribution in [0.4, 0.5) is 0 Å². The lowest BCUT2D eigenvalue weighted by molar-refractivity contribution is 0.0236. The van der Waals surface area contributed by atoms with Gasteiger partial charge in [-0.25, -0.2) is 0 Å². The average molecular weight is 249 g/mol. The van der Waals surface area contributed by atoms with Gasteiger partial charge in [-0.1, -0.05) is 0 Å². The minimum absolute atomic E-state index is 0.271. The Bertz CT molecular complexity index is 427. The van der Waals surface area contributed by atoms with Crippen molar-refractivity contribution in [3.05, 3.63) is 23.8 Å². The molecule has 2 aliphatic rings. The molecule has 1 atom stereocenters. The Balaban J connectivity index is 1.73. The monoisotopic (exact) mass is 249 g/mol. The first-order chi connectivity index (χ1) is 8.78. The minimum Gasteiger partial charge on any atom is -0.508 e. The third kappa shape index (κ3) is 2.06. The molecule has 98 valence electrons. The zero-order valence-electron chi connectivity index (χ0n) is 10.6. The van der Waals surface area contributed by atoms with Crippen molar-refractivity contribution in [3.8, 4) is 11.5 Å². The summed E-state index contributed by atoms with van der Waals surface area (Å²) in [5, 5.41) is 9.45. The molecule has 0 amide bonds. The third-order valence-corrected chi connectivity index (χ3v) is 4.00. The fourth-order valence-electron chi connectivity index (χ4n) is 2.91. The largest absolute Gasteiger partial charge is 0.508 e. The summed E-state index contributed by atoms with van der Waals surface area (Å²) in [7, 11) is 1.79. The van der Waals surface area contributed by atoms with Crippen LogP contribution in [-0.2, 0) is 4.74 Å².